The van der Waals surface area contributed by atoms with Crippen LogP contribution in [0.1, 0.15) is 23.6 Å². The van der Waals surface area contributed by atoms with Gasteiger partial charge in [-0.15, -0.1) is 11.3 Å². The average Bonchev–Trinajstić information content (AvgIpc) is 2.85. The normalized spacial score (nSPS) is 10.3. The Balaban J connectivity index is 1.94. The summed E-state index contributed by atoms with van der Waals surface area (Å²) >= 11 is 1.87. The van der Waals surface area contributed by atoms with Gasteiger partial charge < -0.3 is 10.6 Å². The maximum absolute atomic E-state index is 4.22. The van der Waals surface area contributed by atoms with Crippen molar-refractivity contribution in [3.05, 3.63) is 40.3 Å². The first-order valence-electron chi connectivity index (χ1n) is 6.32. The van der Waals surface area contributed by atoms with E-state index < -0.39 is 0 Å². The summed E-state index contributed by atoms with van der Waals surface area (Å²) in [6.07, 6.45) is 4.81. The molecule has 0 amide bonds. The average molecular weight is 261 g/mol. The predicted octanol–water partition coefficient (Wildman–Crippen LogP) is 3.75. The van der Waals surface area contributed by atoms with E-state index in [0.29, 0.717) is 0 Å². The number of nitrogens with one attached hydrogen (secondary N) is 2. The Morgan fingerprint density at radius 2 is 1.78 bits per heavy atom. The van der Waals surface area contributed by atoms with Crippen molar-refractivity contribution in [2.45, 2.75) is 26.8 Å². The van der Waals surface area contributed by atoms with Crippen molar-refractivity contribution in [2.24, 2.45) is 0 Å². The molecule has 0 saturated heterocycles. The van der Waals surface area contributed by atoms with Crippen molar-refractivity contribution < 1.29 is 0 Å². The van der Waals surface area contributed by atoms with Crippen molar-refractivity contribution in [3.63, 3.8) is 0 Å². The highest BCUT2D eigenvalue weighted by molar-refractivity contribution is 7.12. The zero-order chi connectivity index (χ0) is 12.8. The van der Waals surface area contributed by atoms with Crippen LogP contribution >= 0.6 is 11.3 Å². The fraction of sp³-hybridized carbons (Fsp3) is 0.357. The predicted molar refractivity (Wildman–Crippen MR) is 79.4 cm³/mol. The maximum Gasteiger partial charge on any atom is 0.0550 e. The van der Waals surface area contributed by atoms with Crippen molar-refractivity contribution >= 4 is 22.7 Å². The van der Waals surface area contributed by atoms with Crippen molar-refractivity contribution in [2.75, 3.05) is 17.2 Å². The van der Waals surface area contributed by atoms with Crippen LogP contribution in [-0.4, -0.2) is 11.5 Å². The van der Waals surface area contributed by atoms with E-state index >= 15 is 0 Å². The molecule has 2 N–H and O–H groups in total. The molecule has 2 heterocycles. The molecular formula is C14H19N3S. The fourth-order valence-corrected chi connectivity index (χ4v) is 2.63. The van der Waals surface area contributed by atoms with Crippen LogP contribution in [0.5, 0.6) is 0 Å². The van der Waals surface area contributed by atoms with Gasteiger partial charge in [-0.05, 0) is 31.5 Å². The molecule has 3 nitrogen and oxygen atoms in total. The number of rotatable bonds is 6. The van der Waals surface area contributed by atoms with Crippen LogP contribution < -0.4 is 10.6 Å². The molecule has 0 fully saturated rings. The van der Waals surface area contributed by atoms with Gasteiger partial charge in [-0.3, -0.25) is 4.98 Å². The summed E-state index contributed by atoms with van der Waals surface area (Å²) in [6, 6.07) is 6.48. The Hall–Kier alpha value is -1.55. The van der Waals surface area contributed by atoms with E-state index in [2.05, 4.69) is 47.7 Å². The lowest BCUT2D eigenvalue weighted by molar-refractivity contribution is 1.16. The van der Waals surface area contributed by atoms with E-state index in [9.17, 15) is 0 Å². The molecule has 0 saturated carbocycles. The summed E-state index contributed by atoms with van der Waals surface area (Å²) in [5, 5.41) is 6.66. The lowest BCUT2D eigenvalue weighted by Crippen LogP contribution is -2.01. The van der Waals surface area contributed by atoms with E-state index in [-0.39, 0.29) is 0 Å². The van der Waals surface area contributed by atoms with Crippen LogP contribution in [0.3, 0.4) is 0 Å². The number of aromatic nitrogens is 1. The molecule has 4 heteroatoms. The number of pyridine rings is 1. The highest BCUT2D eigenvalue weighted by Gasteiger charge is 2.00. The van der Waals surface area contributed by atoms with Crippen LogP contribution in [0.25, 0.3) is 0 Å². The summed E-state index contributed by atoms with van der Waals surface area (Å²) in [5.74, 6) is 0. The molecule has 0 radical (unpaired) electrons. The maximum atomic E-state index is 4.22. The Morgan fingerprint density at radius 1 is 1.06 bits per heavy atom. The second-order valence-electron chi connectivity index (χ2n) is 4.07. The van der Waals surface area contributed by atoms with Gasteiger partial charge in [0, 0.05) is 22.8 Å². The van der Waals surface area contributed by atoms with Gasteiger partial charge in [-0.2, -0.15) is 0 Å². The summed E-state index contributed by atoms with van der Waals surface area (Å²) in [6.45, 7) is 6.04. The minimum absolute atomic E-state index is 0.863. The minimum Gasteiger partial charge on any atom is -0.384 e. The van der Waals surface area contributed by atoms with Gasteiger partial charge in [0.05, 0.1) is 23.8 Å². The Morgan fingerprint density at radius 3 is 2.44 bits per heavy atom. The number of thiophene rings is 1. The van der Waals surface area contributed by atoms with E-state index in [4.69, 9.17) is 0 Å². The van der Waals surface area contributed by atoms with E-state index in [0.717, 1.165) is 30.9 Å². The van der Waals surface area contributed by atoms with Crippen molar-refractivity contribution in [3.8, 4) is 0 Å². The minimum atomic E-state index is 0.863. The van der Waals surface area contributed by atoms with Crippen LogP contribution in [0.2, 0.25) is 0 Å². The molecule has 0 bridgehead atoms. The first kappa shape index (κ1) is 12.9. The lowest BCUT2D eigenvalue weighted by Gasteiger charge is -2.07. The quantitative estimate of drug-likeness (QED) is 0.831. The summed E-state index contributed by atoms with van der Waals surface area (Å²) in [7, 11) is 0. The molecule has 0 aliphatic carbocycles. The van der Waals surface area contributed by atoms with E-state index in [1.54, 1.807) is 0 Å². The molecule has 0 unspecified atom stereocenters. The summed E-state index contributed by atoms with van der Waals surface area (Å²) in [5.41, 5.74) is 2.11. The third-order valence-electron chi connectivity index (χ3n) is 2.65. The standard InChI is InChI=1S/C14H19N3S/c1-3-13-5-6-14(18-13)10-17-12-7-11(16-4-2)8-15-9-12/h5-9,16-17H,3-4,10H2,1-2H3. The molecule has 0 atom stereocenters. The molecule has 2 rings (SSSR count). The van der Waals surface area contributed by atoms with Gasteiger partial charge in [0.15, 0.2) is 0 Å². The molecule has 0 aliphatic rings. The highest BCUT2D eigenvalue weighted by atomic mass is 32.1. The number of hydrogen-bond acceptors (Lipinski definition) is 4. The van der Waals surface area contributed by atoms with Gasteiger partial charge in [-0.1, -0.05) is 6.92 Å². The van der Waals surface area contributed by atoms with Crippen LogP contribution in [0.15, 0.2) is 30.6 Å². The molecule has 0 spiro atoms. The molecule has 96 valence electrons. The number of anilines is 2. The Bertz CT molecular complexity index is 493. The molecule has 2 aromatic rings. The highest BCUT2D eigenvalue weighted by Crippen LogP contribution is 2.19. The molecule has 18 heavy (non-hydrogen) atoms. The number of aryl methyl sites for hydroxylation is 1. The van der Waals surface area contributed by atoms with Crippen molar-refractivity contribution in [1.82, 2.24) is 4.98 Å². The SMILES string of the molecule is CCNc1cncc(NCc2ccc(CC)s2)c1. The first-order chi connectivity index (χ1) is 8.81. The molecular weight excluding hydrogens is 242 g/mol. The van der Waals surface area contributed by atoms with Crippen molar-refractivity contribution in [1.29, 1.82) is 0 Å². The summed E-state index contributed by atoms with van der Waals surface area (Å²) in [4.78, 5) is 7.01. The van der Waals surface area contributed by atoms with Gasteiger partial charge >= 0.3 is 0 Å². The summed E-state index contributed by atoms with van der Waals surface area (Å²) < 4.78 is 0. The monoisotopic (exact) mass is 261 g/mol. The zero-order valence-corrected chi connectivity index (χ0v) is 11.7. The molecule has 0 aliphatic heterocycles. The van der Waals surface area contributed by atoms with Crippen LogP contribution in [0.4, 0.5) is 11.4 Å². The van der Waals surface area contributed by atoms with Gasteiger partial charge in [0.25, 0.3) is 0 Å². The van der Waals surface area contributed by atoms with Gasteiger partial charge in [0.2, 0.25) is 0 Å². The van der Waals surface area contributed by atoms with Crippen LogP contribution in [-0.2, 0) is 13.0 Å². The van der Waals surface area contributed by atoms with E-state index in [1.165, 1.54) is 9.75 Å². The van der Waals surface area contributed by atoms with Gasteiger partial charge in [-0.25, -0.2) is 0 Å². The fourth-order valence-electron chi connectivity index (χ4n) is 1.73. The largest absolute Gasteiger partial charge is 0.384 e. The molecule has 0 aromatic carbocycles. The smallest absolute Gasteiger partial charge is 0.0550 e. The number of nitrogens with zero attached hydrogens (tertiary/aromatic N) is 1. The van der Waals surface area contributed by atoms with E-state index in [1.807, 2.05) is 23.7 Å². The topological polar surface area (TPSA) is 37.0 Å². The third-order valence-corrected chi connectivity index (χ3v) is 3.88. The second kappa shape index (κ2) is 6.40. The third kappa shape index (κ3) is 3.47. The number of hydrogen-bond donors (Lipinski definition) is 2. The lowest BCUT2D eigenvalue weighted by atomic mass is 10.3. The Labute approximate surface area is 112 Å². The molecule has 2 aromatic heterocycles. The Kier molecular flexibility index (Phi) is 4.59. The zero-order valence-electron chi connectivity index (χ0n) is 10.9. The van der Waals surface area contributed by atoms with Gasteiger partial charge in [0.1, 0.15) is 0 Å². The first-order valence-corrected chi connectivity index (χ1v) is 7.13. The second-order valence-corrected chi connectivity index (χ2v) is 5.32. The van der Waals surface area contributed by atoms with Crippen LogP contribution in [0, 0.1) is 0 Å².